The number of ether oxygens (including phenoxy) is 2. The average Bonchev–Trinajstić information content (AvgIpc) is 2.88. The SMILES string of the molecule is C=CCCC1CCC2CC(C3CCC(C(=O)Oc4ccc(OC/C=C/C)cc4)CC3)CCC2C1. The fraction of sp³-hybridized carbons (Fsp3) is 0.645. The first-order valence-electron chi connectivity index (χ1n) is 13.8. The van der Waals surface area contributed by atoms with Gasteiger partial charge in [0, 0.05) is 0 Å². The summed E-state index contributed by atoms with van der Waals surface area (Å²) in [4.78, 5) is 12.8. The number of esters is 1. The van der Waals surface area contributed by atoms with Gasteiger partial charge in [0.1, 0.15) is 18.1 Å². The largest absolute Gasteiger partial charge is 0.490 e. The third-order valence-corrected chi connectivity index (χ3v) is 8.94. The van der Waals surface area contributed by atoms with Gasteiger partial charge in [-0.3, -0.25) is 4.79 Å². The fourth-order valence-electron chi connectivity index (χ4n) is 6.94. The van der Waals surface area contributed by atoms with E-state index in [0.717, 1.165) is 48.2 Å². The Bertz CT molecular complexity index is 802. The number of benzene rings is 1. The third-order valence-electron chi connectivity index (χ3n) is 8.94. The van der Waals surface area contributed by atoms with Crippen molar-refractivity contribution in [2.75, 3.05) is 6.61 Å². The fourth-order valence-corrected chi connectivity index (χ4v) is 6.94. The van der Waals surface area contributed by atoms with E-state index in [9.17, 15) is 4.79 Å². The van der Waals surface area contributed by atoms with Crippen LogP contribution in [0.1, 0.15) is 84.0 Å². The summed E-state index contributed by atoms with van der Waals surface area (Å²) in [5.41, 5.74) is 0. The lowest BCUT2D eigenvalue weighted by Gasteiger charge is -2.45. The molecule has 0 saturated heterocycles. The molecule has 4 unspecified atom stereocenters. The molecule has 0 bridgehead atoms. The Morgan fingerprint density at radius 2 is 1.50 bits per heavy atom. The van der Waals surface area contributed by atoms with Crippen LogP contribution in [0.3, 0.4) is 0 Å². The number of carbonyl (C=O) groups is 1. The summed E-state index contributed by atoms with van der Waals surface area (Å²) in [5.74, 6) is 6.00. The highest BCUT2D eigenvalue weighted by molar-refractivity contribution is 5.75. The van der Waals surface area contributed by atoms with Gasteiger partial charge in [0.25, 0.3) is 0 Å². The topological polar surface area (TPSA) is 35.5 Å². The van der Waals surface area contributed by atoms with Gasteiger partial charge in [-0.2, -0.15) is 0 Å². The van der Waals surface area contributed by atoms with Gasteiger partial charge in [-0.05, 0) is 131 Å². The van der Waals surface area contributed by atoms with Crippen molar-refractivity contribution in [2.24, 2.45) is 35.5 Å². The van der Waals surface area contributed by atoms with Crippen LogP contribution in [-0.4, -0.2) is 12.6 Å². The molecular weight excluding hydrogens is 420 g/mol. The lowest BCUT2D eigenvalue weighted by atomic mass is 9.60. The number of carbonyl (C=O) groups excluding carboxylic acids is 1. The Labute approximate surface area is 207 Å². The molecule has 0 aromatic heterocycles. The van der Waals surface area contributed by atoms with Gasteiger partial charge in [0.2, 0.25) is 0 Å². The smallest absolute Gasteiger partial charge is 0.314 e. The van der Waals surface area contributed by atoms with Gasteiger partial charge in [-0.15, -0.1) is 6.58 Å². The highest BCUT2D eigenvalue weighted by Crippen LogP contribution is 2.49. The van der Waals surface area contributed by atoms with Crippen LogP contribution in [0.4, 0.5) is 0 Å². The minimum Gasteiger partial charge on any atom is -0.490 e. The van der Waals surface area contributed by atoms with E-state index in [4.69, 9.17) is 9.47 Å². The molecule has 0 spiro atoms. The minimum atomic E-state index is -0.0532. The Morgan fingerprint density at radius 1 is 0.882 bits per heavy atom. The van der Waals surface area contributed by atoms with E-state index in [1.54, 1.807) is 0 Å². The zero-order valence-electron chi connectivity index (χ0n) is 21.1. The van der Waals surface area contributed by atoms with Crippen molar-refractivity contribution in [3.05, 3.63) is 49.1 Å². The van der Waals surface area contributed by atoms with Gasteiger partial charge in [0.15, 0.2) is 0 Å². The highest BCUT2D eigenvalue weighted by Gasteiger charge is 2.39. The molecular formula is C31H44O3. The average molecular weight is 465 g/mol. The molecule has 3 saturated carbocycles. The van der Waals surface area contributed by atoms with Crippen molar-refractivity contribution >= 4 is 5.97 Å². The normalized spacial score (nSPS) is 31.6. The van der Waals surface area contributed by atoms with Gasteiger partial charge in [-0.25, -0.2) is 0 Å². The molecule has 3 aliphatic rings. The highest BCUT2D eigenvalue weighted by atomic mass is 16.5. The lowest BCUT2D eigenvalue weighted by molar-refractivity contribution is -0.140. The molecule has 0 aliphatic heterocycles. The molecule has 0 radical (unpaired) electrons. The van der Waals surface area contributed by atoms with Crippen molar-refractivity contribution in [1.29, 1.82) is 0 Å². The molecule has 4 atom stereocenters. The molecule has 0 heterocycles. The molecule has 3 fully saturated rings. The van der Waals surface area contributed by atoms with E-state index in [1.807, 2.05) is 43.3 Å². The second kappa shape index (κ2) is 12.6. The number of fused-ring (bicyclic) bond motifs is 1. The molecule has 1 aromatic carbocycles. The van der Waals surface area contributed by atoms with Crippen LogP contribution in [0, 0.1) is 35.5 Å². The molecule has 186 valence electrons. The van der Waals surface area contributed by atoms with E-state index in [1.165, 1.54) is 64.2 Å². The van der Waals surface area contributed by atoms with E-state index in [0.29, 0.717) is 12.4 Å². The van der Waals surface area contributed by atoms with Crippen molar-refractivity contribution in [1.82, 2.24) is 0 Å². The maximum atomic E-state index is 12.8. The molecule has 3 heteroatoms. The Balaban J connectivity index is 1.19. The van der Waals surface area contributed by atoms with Crippen molar-refractivity contribution in [2.45, 2.75) is 84.0 Å². The second-order valence-electron chi connectivity index (χ2n) is 11.0. The molecule has 0 N–H and O–H groups in total. The molecule has 3 aliphatic carbocycles. The third kappa shape index (κ3) is 6.77. The number of rotatable bonds is 9. The number of hydrogen-bond donors (Lipinski definition) is 0. The standard InChI is InChI=1S/C31H44O3/c1-3-5-7-23-8-9-28-22-27(15-14-26(28)21-23)24-10-12-25(13-11-24)31(32)34-30-18-16-29(17-19-30)33-20-6-4-2/h3-4,6,16-19,23-28H,1,5,7-15,20-22H2,2H3/b6-4+. The summed E-state index contributed by atoms with van der Waals surface area (Å²) >= 11 is 0. The number of hydrogen-bond acceptors (Lipinski definition) is 3. The van der Waals surface area contributed by atoms with Crippen LogP contribution in [0.2, 0.25) is 0 Å². The van der Waals surface area contributed by atoms with Crippen molar-refractivity contribution in [3.8, 4) is 11.5 Å². The van der Waals surface area contributed by atoms with E-state index < -0.39 is 0 Å². The summed E-state index contributed by atoms with van der Waals surface area (Å²) in [7, 11) is 0. The van der Waals surface area contributed by atoms with Gasteiger partial charge >= 0.3 is 5.97 Å². The number of allylic oxidation sites excluding steroid dienone is 2. The van der Waals surface area contributed by atoms with Crippen LogP contribution in [0.5, 0.6) is 11.5 Å². The molecule has 34 heavy (non-hydrogen) atoms. The summed E-state index contributed by atoms with van der Waals surface area (Å²) in [6, 6.07) is 7.40. The molecule has 3 nitrogen and oxygen atoms in total. The van der Waals surface area contributed by atoms with E-state index >= 15 is 0 Å². The zero-order valence-corrected chi connectivity index (χ0v) is 21.1. The van der Waals surface area contributed by atoms with Gasteiger partial charge in [0.05, 0.1) is 5.92 Å². The van der Waals surface area contributed by atoms with Crippen LogP contribution in [0.25, 0.3) is 0 Å². The first-order chi connectivity index (χ1) is 16.7. The van der Waals surface area contributed by atoms with Crippen LogP contribution < -0.4 is 9.47 Å². The Kier molecular flexibility index (Phi) is 9.30. The van der Waals surface area contributed by atoms with E-state index in [2.05, 4.69) is 12.7 Å². The first-order valence-corrected chi connectivity index (χ1v) is 13.8. The van der Waals surface area contributed by atoms with Crippen molar-refractivity contribution in [3.63, 3.8) is 0 Å². The Hall–Kier alpha value is -2.03. The van der Waals surface area contributed by atoms with Crippen LogP contribution in [-0.2, 0) is 4.79 Å². The lowest BCUT2D eigenvalue weighted by Crippen LogP contribution is -2.35. The van der Waals surface area contributed by atoms with Crippen LogP contribution >= 0.6 is 0 Å². The first kappa shape index (κ1) is 25.1. The maximum absolute atomic E-state index is 12.8. The van der Waals surface area contributed by atoms with Gasteiger partial charge < -0.3 is 9.47 Å². The van der Waals surface area contributed by atoms with Crippen LogP contribution in [0.15, 0.2) is 49.1 Å². The molecule has 4 rings (SSSR count). The van der Waals surface area contributed by atoms with Crippen molar-refractivity contribution < 1.29 is 14.3 Å². The van der Waals surface area contributed by atoms with Gasteiger partial charge in [-0.1, -0.05) is 24.6 Å². The predicted molar refractivity (Wildman–Crippen MR) is 139 cm³/mol. The summed E-state index contributed by atoms with van der Waals surface area (Å²) < 4.78 is 11.3. The summed E-state index contributed by atoms with van der Waals surface area (Å²) in [6.07, 6.45) is 21.6. The predicted octanol–water partition coefficient (Wildman–Crippen LogP) is 8.15. The minimum absolute atomic E-state index is 0.0532. The maximum Gasteiger partial charge on any atom is 0.314 e. The molecule has 0 amide bonds. The summed E-state index contributed by atoms with van der Waals surface area (Å²) in [6.45, 7) is 6.43. The van der Waals surface area contributed by atoms with E-state index in [-0.39, 0.29) is 11.9 Å². The monoisotopic (exact) mass is 464 g/mol. The Morgan fingerprint density at radius 3 is 2.21 bits per heavy atom. The molecule has 1 aromatic rings. The zero-order chi connectivity index (χ0) is 23.8. The quantitative estimate of drug-likeness (QED) is 0.210. The summed E-state index contributed by atoms with van der Waals surface area (Å²) in [5, 5.41) is 0. The second-order valence-corrected chi connectivity index (χ2v) is 11.0.